The number of carbonyl (C=O) groups excluding carboxylic acids is 2. The van der Waals surface area contributed by atoms with Crippen molar-refractivity contribution in [3.63, 3.8) is 0 Å². The van der Waals surface area contributed by atoms with Crippen LogP contribution in [-0.2, 0) is 21.9 Å². The van der Waals surface area contributed by atoms with Crippen molar-refractivity contribution in [1.29, 1.82) is 0 Å². The van der Waals surface area contributed by atoms with E-state index in [9.17, 15) is 9.59 Å². The van der Waals surface area contributed by atoms with Crippen molar-refractivity contribution in [3.05, 3.63) is 65.7 Å². The van der Waals surface area contributed by atoms with Gasteiger partial charge in [0.25, 0.3) is 0 Å². The second-order valence-electron chi connectivity index (χ2n) is 7.38. The zero-order valence-electron chi connectivity index (χ0n) is 18.8. The number of amides is 2. The van der Waals surface area contributed by atoms with Gasteiger partial charge in [0.15, 0.2) is 0 Å². The van der Waals surface area contributed by atoms with E-state index in [1.807, 2.05) is 56.3 Å². The van der Waals surface area contributed by atoms with Gasteiger partial charge in [-0.05, 0) is 36.1 Å². The Labute approximate surface area is 190 Å². The van der Waals surface area contributed by atoms with Crippen molar-refractivity contribution < 1.29 is 14.3 Å². The van der Waals surface area contributed by atoms with Crippen molar-refractivity contribution >= 4 is 23.6 Å². The Bertz CT molecular complexity index is 813. The van der Waals surface area contributed by atoms with E-state index in [1.54, 1.807) is 23.8 Å². The number of hydrogen-bond acceptors (Lipinski definition) is 4. The molecule has 168 valence electrons. The van der Waals surface area contributed by atoms with Gasteiger partial charge in [-0.1, -0.05) is 56.3 Å². The van der Waals surface area contributed by atoms with Gasteiger partial charge >= 0.3 is 0 Å². The van der Waals surface area contributed by atoms with E-state index in [0.29, 0.717) is 25.9 Å². The monoisotopic (exact) mass is 442 g/mol. The predicted octanol–water partition coefficient (Wildman–Crippen LogP) is 4.65. The van der Waals surface area contributed by atoms with Gasteiger partial charge in [0.1, 0.15) is 11.8 Å². The van der Waals surface area contributed by atoms with Crippen LogP contribution in [-0.4, -0.2) is 42.2 Å². The Morgan fingerprint density at radius 3 is 2.48 bits per heavy atom. The Morgan fingerprint density at radius 1 is 1.06 bits per heavy atom. The number of nitrogens with one attached hydrogen (secondary N) is 1. The topological polar surface area (TPSA) is 58.6 Å². The fourth-order valence-electron chi connectivity index (χ4n) is 3.32. The van der Waals surface area contributed by atoms with E-state index in [4.69, 9.17) is 4.74 Å². The maximum Gasteiger partial charge on any atom is 0.242 e. The first kappa shape index (κ1) is 24.8. The van der Waals surface area contributed by atoms with Gasteiger partial charge in [0.05, 0.1) is 7.11 Å². The third kappa shape index (κ3) is 8.29. The number of benzene rings is 2. The molecule has 0 radical (unpaired) electrons. The third-order valence-corrected chi connectivity index (χ3v) is 6.02. The van der Waals surface area contributed by atoms with Crippen LogP contribution < -0.4 is 10.1 Å². The molecule has 6 heteroatoms. The third-order valence-electron chi connectivity index (χ3n) is 4.99. The summed E-state index contributed by atoms with van der Waals surface area (Å²) >= 11 is 1.74. The van der Waals surface area contributed by atoms with Gasteiger partial charge in [-0.25, -0.2) is 0 Å². The molecule has 31 heavy (non-hydrogen) atoms. The van der Waals surface area contributed by atoms with Crippen molar-refractivity contribution in [2.75, 3.05) is 19.4 Å². The van der Waals surface area contributed by atoms with Gasteiger partial charge in [-0.2, -0.15) is 11.8 Å². The van der Waals surface area contributed by atoms with Gasteiger partial charge in [-0.3, -0.25) is 9.59 Å². The second kappa shape index (κ2) is 13.8. The van der Waals surface area contributed by atoms with Gasteiger partial charge in [-0.15, -0.1) is 0 Å². The number of hydrogen-bond donors (Lipinski definition) is 1. The summed E-state index contributed by atoms with van der Waals surface area (Å²) in [5, 5.41) is 2.95. The van der Waals surface area contributed by atoms with E-state index in [1.165, 1.54) is 5.56 Å². The van der Waals surface area contributed by atoms with Crippen molar-refractivity contribution in [2.24, 2.45) is 0 Å². The standard InChI is InChI=1S/C25H34N2O3S/c1-4-15-26-25(29)23(5-2)27(18-21-12-9-13-22(17-21)30-3)24(28)14-16-31-19-20-10-7-6-8-11-20/h6-13,17,23H,4-5,14-16,18-19H2,1-3H3,(H,26,29)/t23-/m0/s1. The molecule has 0 aliphatic carbocycles. The molecule has 0 fully saturated rings. The molecule has 2 aromatic carbocycles. The largest absolute Gasteiger partial charge is 0.497 e. The van der Waals surface area contributed by atoms with Crippen molar-refractivity contribution in [2.45, 2.75) is 51.4 Å². The van der Waals surface area contributed by atoms with E-state index >= 15 is 0 Å². The van der Waals surface area contributed by atoms with Crippen molar-refractivity contribution in [1.82, 2.24) is 10.2 Å². The van der Waals surface area contributed by atoms with Crippen molar-refractivity contribution in [3.8, 4) is 5.75 Å². The van der Waals surface area contributed by atoms with Crippen LogP contribution in [0.2, 0.25) is 0 Å². The molecule has 2 amide bonds. The number of carbonyl (C=O) groups is 2. The second-order valence-corrected chi connectivity index (χ2v) is 8.48. The van der Waals surface area contributed by atoms with Gasteiger partial charge in [0.2, 0.25) is 11.8 Å². The molecule has 2 rings (SSSR count). The van der Waals surface area contributed by atoms with Crippen LogP contribution >= 0.6 is 11.8 Å². The number of methoxy groups -OCH3 is 1. The maximum atomic E-state index is 13.2. The quantitative estimate of drug-likeness (QED) is 0.459. The molecule has 5 nitrogen and oxygen atoms in total. The summed E-state index contributed by atoms with van der Waals surface area (Å²) in [6.45, 7) is 4.97. The predicted molar refractivity (Wildman–Crippen MR) is 128 cm³/mol. The summed E-state index contributed by atoms with van der Waals surface area (Å²) in [4.78, 5) is 27.7. The molecule has 0 aliphatic rings. The molecule has 0 unspecified atom stereocenters. The highest BCUT2D eigenvalue weighted by molar-refractivity contribution is 7.98. The molecule has 1 N–H and O–H groups in total. The zero-order chi connectivity index (χ0) is 22.5. The smallest absolute Gasteiger partial charge is 0.242 e. The summed E-state index contributed by atoms with van der Waals surface area (Å²) < 4.78 is 5.32. The number of thioether (sulfide) groups is 1. The fourth-order valence-corrected chi connectivity index (χ4v) is 4.21. The summed E-state index contributed by atoms with van der Waals surface area (Å²) in [5.74, 6) is 2.25. The average Bonchev–Trinajstić information content (AvgIpc) is 2.81. The van der Waals surface area contributed by atoms with Gasteiger partial charge < -0.3 is 15.0 Å². The molecule has 1 atom stereocenters. The summed E-state index contributed by atoms with van der Waals surface area (Å²) in [5.41, 5.74) is 2.20. The highest BCUT2D eigenvalue weighted by atomic mass is 32.2. The molecule has 0 spiro atoms. The minimum Gasteiger partial charge on any atom is -0.497 e. The number of rotatable bonds is 13. The Hall–Kier alpha value is -2.47. The van der Waals surface area contributed by atoms with Crippen LogP contribution in [0, 0.1) is 0 Å². The fraction of sp³-hybridized carbons (Fsp3) is 0.440. The molecule has 0 bridgehead atoms. The normalized spacial score (nSPS) is 11.6. The van der Waals surface area contributed by atoms with E-state index in [-0.39, 0.29) is 11.8 Å². The highest BCUT2D eigenvalue weighted by Gasteiger charge is 2.28. The van der Waals surface area contributed by atoms with Crippen LogP contribution in [0.25, 0.3) is 0 Å². The first-order valence-electron chi connectivity index (χ1n) is 10.9. The van der Waals surface area contributed by atoms with E-state index in [0.717, 1.165) is 29.2 Å². The minimum atomic E-state index is -0.482. The van der Waals surface area contributed by atoms with Crippen LogP contribution in [0.5, 0.6) is 5.75 Å². The molecule has 0 saturated heterocycles. The SMILES string of the molecule is CCCNC(=O)[C@H](CC)N(Cc1cccc(OC)c1)C(=O)CCSCc1ccccc1. The first-order valence-corrected chi connectivity index (χ1v) is 12.1. The minimum absolute atomic E-state index is 0.00174. The summed E-state index contributed by atoms with van der Waals surface area (Å²) in [6.07, 6.45) is 1.84. The lowest BCUT2D eigenvalue weighted by atomic mass is 10.1. The Balaban J connectivity index is 2.06. The molecule has 0 saturated carbocycles. The molecular formula is C25H34N2O3S. The first-order chi connectivity index (χ1) is 15.1. The highest BCUT2D eigenvalue weighted by Crippen LogP contribution is 2.19. The van der Waals surface area contributed by atoms with Gasteiger partial charge in [0, 0.05) is 31.0 Å². The molecular weight excluding hydrogens is 408 g/mol. The molecule has 0 aromatic heterocycles. The number of nitrogens with zero attached hydrogens (tertiary/aromatic N) is 1. The van der Waals surface area contributed by atoms with Crippen LogP contribution in [0.3, 0.4) is 0 Å². The Morgan fingerprint density at radius 2 is 1.81 bits per heavy atom. The lowest BCUT2D eigenvalue weighted by molar-refractivity contribution is -0.141. The summed E-state index contributed by atoms with van der Waals surface area (Å²) in [7, 11) is 1.62. The summed E-state index contributed by atoms with van der Waals surface area (Å²) in [6, 6.07) is 17.4. The maximum absolute atomic E-state index is 13.2. The average molecular weight is 443 g/mol. The lowest BCUT2D eigenvalue weighted by Gasteiger charge is -2.30. The van der Waals surface area contributed by atoms with E-state index in [2.05, 4.69) is 17.4 Å². The Kier molecular flexibility index (Phi) is 11.0. The zero-order valence-corrected chi connectivity index (χ0v) is 19.6. The van der Waals surface area contributed by atoms with Crippen LogP contribution in [0.1, 0.15) is 44.2 Å². The number of ether oxygens (including phenoxy) is 1. The molecule has 2 aromatic rings. The molecule has 0 heterocycles. The van der Waals surface area contributed by atoms with Crippen LogP contribution in [0.15, 0.2) is 54.6 Å². The lowest BCUT2D eigenvalue weighted by Crippen LogP contribution is -2.49. The van der Waals surface area contributed by atoms with E-state index < -0.39 is 6.04 Å². The van der Waals surface area contributed by atoms with Crippen LogP contribution in [0.4, 0.5) is 0 Å². The molecule has 0 aliphatic heterocycles.